The fraction of sp³-hybridized carbons (Fsp3) is 0.263. The number of halogens is 1. The quantitative estimate of drug-likeness (QED) is 0.453. The van der Waals surface area contributed by atoms with Crippen LogP contribution in [0.25, 0.3) is 0 Å². The molecule has 5 heteroatoms. The molecule has 0 radical (unpaired) electrons. The summed E-state index contributed by atoms with van der Waals surface area (Å²) in [5, 5.41) is 15.1. The maximum Gasteiger partial charge on any atom is 0.271 e. The van der Waals surface area contributed by atoms with E-state index in [0.29, 0.717) is 10.9 Å². The molecule has 0 fully saturated rings. The van der Waals surface area contributed by atoms with Crippen molar-refractivity contribution in [2.45, 2.75) is 25.3 Å². The molecule has 1 aliphatic carbocycles. The Morgan fingerprint density at radius 1 is 1.25 bits per heavy atom. The van der Waals surface area contributed by atoms with Crippen molar-refractivity contribution < 1.29 is 4.92 Å². The summed E-state index contributed by atoms with van der Waals surface area (Å²) in [4.78, 5) is 10.8. The van der Waals surface area contributed by atoms with Crippen molar-refractivity contribution in [3.63, 3.8) is 0 Å². The van der Waals surface area contributed by atoms with Gasteiger partial charge in [-0.2, -0.15) is 0 Å². The predicted molar refractivity (Wildman–Crippen MR) is 95.6 cm³/mol. The summed E-state index contributed by atoms with van der Waals surface area (Å²) in [5.74, 6) is 0.503. The minimum Gasteiger partial charge on any atom is -0.376 e. The highest BCUT2D eigenvalue weighted by molar-refractivity contribution is 6.33. The first-order chi connectivity index (χ1) is 11.5. The highest BCUT2D eigenvalue weighted by atomic mass is 35.5. The number of nitro groups is 1. The third-order valence-electron chi connectivity index (χ3n) is 5.05. The van der Waals surface area contributed by atoms with E-state index >= 15 is 0 Å². The molecule has 1 heterocycles. The van der Waals surface area contributed by atoms with Gasteiger partial charge in [0.25, 0.3) is 5.69 Å². The summed E-state index contributed by atoms with van der Waals surface area (Å²) in [5.41, 5.74) is 4.24. The minimum absolute atomic E-state index is 0.0494. The molecule has 0 bridgehead atoms. The second-order valence-corrected chi connectivity index (χ2v) is 6.94. The number of hydrogen-bond donors (Lipinski definition) is 1. The first kappa shape index (κ1) is 15.2. The molecular formula is C19H17ClN2O2. The second-order valence-electron chi connectivity index (χ2n) is 6.54. The number of hydrogen-bond acceptors (Lipinski definition) is 3. The third kappa shape index (κ3) is 2.38. The van der Waals surface area contributed by atoms with Gasteiger partial charge in [-0.25, -0.2) is 0 Å². The zero-order valence-corrected chi connectivity index (χ0v) is 14.0. The summed E-state index contributed by atoms with van der Waals surface area (Å²) < 4.78 is 0. The topological polar surface area (TPSA) is 55.2 Å². The van der Waals surface area contributed by atoms with Crippen molar-refractivity contribution in [2.24, 2.45) is 5.92 Å². The number of nitrogens with one attached hydrogen (secondary N) is 1. The molecule has 0 aromatic heterocycles. The lowest BCUT2D eigenvalue weighted by atomic mass is 9.77. The zero-order chi connectivity index (χ0) is 16.8. The monoisotopic (exact) mass is 340 g/mol. The van der Waals surface area contributed by atoms with E-state index in [0.717, 1.165) is 17.7 Å². The van der Waals surface area contributed by atoms with Gasteiger partial charge in [0.05, 0.1) is 21.7 Å². The van der Waals surface area contributed by atoms with E-state index in [9.17, 15) is 10.1 Å². The third-order valence-corrected chi connectivity index (χ3v) is 5.35. The molecule has 2 aromatic rings. The molecule has 1 aliphatic heterocycles. The number of nitrogens with zero attached hydrogens (tertiary/aromatic N) is 1. The highest BCUT2D eigenvalue weighted by Crippen LogP contribution is 2.52. The van der Waals surface area contributed by atoms with Gasteiger partial charge >= 0.3 is 0 Å². The zero-order valence-electron chi connectivity index (χ0n) is 13.2. The van der Waals surface area contributed by atoms with E-state index in [-0.39, 0.29) is 22.6 Å². The molecule has 4 rings (SSSR count). The standard InChI is InChI=1S/C19H17ClN2O2/c1-11-5-7-12(8-6-11)18-15-4-2-3-14(15)16-9-13(22(23)24)10-17(20)19(16)21-18/h2-3,5-10,14-15,18,21H,4H2,1H3/t14-,15-,18+/m1/s1. The van der Waals surface area contributed by atoms with Crippen molar-refractivity contribution in [3.8, 4) is 0 Å². The van der Waals surface area contributed by atoms with Crippen molar-refractivity contribution in [2.75, 3.05) is 5.32 Å². The molecule has 4 nitrogen and oxygen atoms in total. The minimum atomic E-state index is -0.383. The van der Waals surface area contributed by atoms with E-state index in [2.05, 4.69) is 48.7 Å². The van der Waals surface area contributed by atoms with Gasteiger partial charge in [0.15, 0.2) is 0 Å². The van der Waals surface area contributed by atoms with E-state index in [1.807, 2.05) is 0 Å². The van der Waals surface area contributed by atoms with Crippen LogP contribution in [0.5, 0.6) is 0 Å². The lowest BCUT2D eigenvalue weighted by molar-refractivity contribution is -0.384. The molecule has 0 saturated carbocycles. The summed E-state index contributed by atoms with van der Waals surface area (Å²) in [6, 6.07) is 11.8. The van der Waals surface area contributed by atoms with E-state index < -0.39 is 0 Å². The van der Waals surface area contributed by atoms with Crippen LogP contribution >= 0.6 is 11.6 Å². The summed E-state index contributed by atoms with van der Waals surface area (Å²) in [7, 11) is 0. The highest BCUT2D eigenvalue weighted by Gasteiger charge is 2.39. The van der Waals surface area contributed by atoms with Crippen LogP contribution in [0.1, 0.15) is 35.1 Å². The van der Waals surface area contributed by atoms with Crippen molar-refractivity contribution in [1.82, 2.24) is 0 Å². The Balaban J connectivity index is 1.82. The molecule has 24 heavy (non-hydrogen) atoms. The second kappa shape index (κ2) is 5.64. The van der Waals surface area contributed by atoms with Crippen LogP contribution in [-0.2, 0) is 0 Å². The molecule has 2 aliphatic rings. The molecule has 0 spiro atoms. The number of anilines is 1. The Labute approximate surface area is 145 Å². The molecule has 1 N–H and O–H groups in total. The van der Waals surface area contributed by atoms with E-state index in [4.69, 9.17) is 11.6 Å². The number of nitro benzene ring substituents is 1. The van der Waals surface area contributed by atoms with E-state index in [1.54, 1.807) is 6.07 Å². The Morgan fingerprint density at radius 2 is 2.00 bits per heavy atom. The maximum atomic E-state index is 11.2. The van der Waals surface area contributed by atoms with Crippen molar-refractivity contribution >= 4 is 23.0 Å². The van der Waals surface area contributed by atoms with Crippen LogP contribution in [0.2, 0.25) is 5.02 Å². The van der Waals surface area contributed by atoms with Crippen LogP contribution < -0.4 is 5.32 Å². The fourth-order valence-electron chi connectivity index (χ4n) is 3.85. The average Bonchev–Trinajstić information content (AvgIpc) is 3.05. The van der Waals surface area contributed by atoms with Gasteiger partial charge in [-0.3, -0.25) is 10.1 Å². The average molecular weight is 341 g/mol. The summed E-state index contributed by atoms with van der Waals surface area (Å²) in [6.07, 6.45) is 5.28. The van der Waals surface area contributed by atoms with Crippen LogP contribution in [0.15, 0.2) is 48.6 Å². The normalized spacial score (nSPS) is 24.2. The lowest BCUT2D eigenvalue weighted by Crippen LogP contribution is -2.29. The van der Waals surface area contributed by atoms with Crippen molar-refractivity contribution in [1.29, 1.82) is 0 Å². The number of benzene rings is 2. The number of fused-ring (bicyclic) bond motifs is 3. The molecule has 0 unspecified atom stereocenters. The van der Waals surface area contributed by atoms with Gasteiger partial charge < -0.3 is 5.32 Å². The lowest BCUT2D eigenvalue weighted by Gasteiger charge is -2.37. The van der Waals surface area contributed by atoms with Gasteiger partial charge in [-0.05, 0) is 30.4 Å². The molecule has 2 aromatic carbocycles. The molecule has 122 valence electrons. The van der Waals surface area contributed by atoms with Gasteiger partial charge in [0.1, 0.15) is 0 Å². The molecule has 0 amide bonds. The molecule has 0 saturated heterocycles. The SMILES string of the molecule is Cc1ccc([C@@H]2Nc3c(Cl)cc([N+](=O)[O-])cc3[C@@H]3C=CC[C@H]32)cc1. The Morgan fingerprint density at radius 3 is 2.71 bits per heavy atom. The Hall–Kier alpha value is -2.33. The first-order valence-electron chi connectivity index (χ1n) is 8.02. The van der Waals surface area contributed by atoms with Crippen LogP contribution in [0.3, 0.4) is 0 Å². The fourth-order valence-corrected chi connectivity index (χ4v) is 4.13. The van der Waals surface area contributed by atoms with Crippen LogP contribution in [-0.4, -0.2) is 4.92 Å². The largest absolute Gasteiger partial charge is 0.376 e. The maximum absolute atomic E-state index is 11.2. The smallest absolute Gasteiger partial charge is 0.271 e. The summed E-state index contributed by atoms with van der Waals surface area (Å²) >= 11 is 6.37. The van der Waals surface area contributed by atoms with Gasteiger partial charge in [-0.15, -0.1) is 0 Å². The number of non-ortho nitro benzene ring substituents is 1. The molecule has 3 atom stereocenters. The predicted octanol–water partition coefficient (Wildman–Crippen LogP) is 5.38. The van der Waals surface area contributed by atoms with Gasteiger partial charge in [0.2, 0.25) is 0 Å². The van der Waals surface area contributed by atoms with Crippen molar-refractivity contribution in [3.05, 3.63) is 80.4 Å². The van der Waals surface area contributed by atoms with Gasteiger partial charge in [0, 0.05) is 18.1 Å². The Bertz CT molecular complexity index is 845. The number of allylic oxidation sites excluding steroid dienone is 2. The van der Waals surface area contributed by atoms with E-state index in [1.165, 1.54) is 17.2 Å². The van der Waals surface area contributed by atoms with Crippen LogP contribution in [0, 0.1) is 23.0 Å². The van der Waals surface area contributed by atoms with Crippen LogP contribution in [0.4, 0.5) is 11.4 Å². The number of aryl methyl sites for hydroxylation is 1. The number of rotatable bonds is 2. The van der Waals surface area contributed by atoms with Gasteiger partial charge in [-0.1, -0.05) is 53.6 Å². The summed E-state index contributed by atoms with van der Waals surface area (Å²) in [6.45, 7) is 2.07. The Kier molecular flexibility index (Phi) is 3.57. The molecular weight excluding hydrogens is 324 g/mol. The first-order valence-corrected chi connectivity index (χ1v) is 8.40.